The molecule has 0 atom stereocenters. The summed E-state index contributed by atoms with van der Waals surface area (Å²) in [5.74, 6) is 0. The third kappa shape index (κ3) is 3.35. The minimum Gasteiger partial charge on any atom is -0.310 e. The monoisotopic (exact) mass is 305 g/mol. The van der Waals surface area contributed by atoms with Crippen LogP contribution in [0.4, 0.5) is 0 Å². The van der Waals surface area contributed by atoms with Gasteiger partial charge in [0.2, 0.25) is 0 Å². The van der Waals surface area contributed by atoms with Crippen molar-refractivity contribution >= 4 is 23.2 Å². The van der Waals surface area contributed by atoms with E-state index in [4.69, 9.17) is 23.2 Å². The lowest BCUT2D eigenvalue weighted by Gasteiger charge is -2.10. The van der Waals surface area contributed by atoms with Crippen LogP contribution in [0, 0.1) is 6.92 Å². The quantitative estimate of drug-likeness (QED) is 0.816. The van der Waals surface area contributed by atoms with E-state index >= 15 is 0 Å². The van der Waals surface area contributed by atoms with Gasteiger partial charge in [-0.2, -0.15) is 0 Å². The highest BCUT2D eigenvalue weighted by Gasteiger charge is 2.19. The lowest BCUT2D eigenvalue weighted by atomic mass is 9.98. The van der Waals surface area contributed by atoms with Crippen molar-refractivity contribution in [3.05, 3.63) is 57.6 Å². The zero-order valence-corrected chi connectivity index (χ0v) is 12.9. The average Bonchev–Trinajstić information content (AvgIpc) is 3.19. The minimum atomic E-state index is 0.673. The van der Waals surface area contributed by atoms with Crippen LogP contribution in [-0.2, 0) is 6.54 Å². The van der Waals surface area contributed by atoms with Crippen LogP contribution < -0.4 is 5.32 Å². The molecule has 0 aliphatic heterocycles. The molecule has 0 unspecified atom stereocenters. The average molecular weight is 306 g/mol. The summed E-state index contributed by atoms with van der Waals surface area (Å²) in [6, 6.07) is 13.0. The van der Waals surface area contributed by atoms with E-state index in [1.165, 1.54) is 29.5 Å². The molecule has 2 aromatic carbocycles. The molecule has 1 N–H and O–H groups in total. The topological polar surface area (TPSA) is 12.0 Å². The molecule has 0 amide bonds. The van der Waals surface area contributed by atoms with Gasteiger partial charge in [0, 0.05) is 22.6 Å². The normalized spacial score (nSPS) is 14.6. The lowest BCUT2D eigenvalue weighted by molar-refractivity contribution is 0.687. The van der Waals surface area contributed by atoms with Crippen molar-refractivity contribution in [1.82, 2.24) is 5.32 Å². The molecule has 0 saturated heterocycles. The number of hydrogen-bond donors (Lipinski definition) is 1. The second kappa shape index (κ2) is 5.77. The second-order valence-electron chi connectivity index (χ2n) is 5.46. The van der Waals surface area contributed by atoms with Crippen molar-refractivity contribution in [3.63, 3.8) is 0 Å². The van der Waals surface area contributed by atoms with E-state index in [2.05, 4.69) is 30.4 Å². The van der Waals surface area contributed by atoms with E-state index < -0.39 is 0 Å². The summed E-state index contributed by atoms with van der Waals surface area (Å²) >= 11 is 12.2. The largest absolute Gasteiger partial charge is 0.310 e. The van der Waals surface area contributed by atoms with Gasteiger partial charge in [-0.05, 0) is 60.2 Å². The molecule has 0 radical (unpaired) electrons. The van der Waals surface area contributed by atoms with Gasteiger partial charge in [0.25, 0.3) is 0 Å². The second-order valence-corrected chi connectivity index (χ2v) is 6.34. The Kier molecular flexibility index (Phi) is 4.02. The number of hydrogen-bond acceptors (Lipinski definition) is 1. The van der Waals surface area contributed by atoms with Gasteiger partial charge >= 0.3 is 0 Å². The van der Waals surface area contributed by atoms with Crippen molar-refractivity contribution in [1.29, 1.82) is 0 Å². The number of nitrogens with one attached hydrogen (secondary N) is 1. The zero-order valence-electron chi connectivity index (χ0n) is 11.4. The SMILES string of the molecule is Cc1cc(CNC2CC2)ccc1-c1cc(Cl)cc(Cl)c1. The predicted octanol–water partition coefficient (Wildman–Crippen LogP) is 5.22. The maximum atomic E-state index is 6.08. The molecule has 3 heteroatoms. The fourth-order valence-corrected chi connectivity index (χ4v) is 2.94. The predicted molar refractivity (Wildman–Crippen MR) is 86.5 cm³/mol. The number of aryl methyl sites for hydroxylation is 1. The Labute approximate surface area is 129 Å². The van der Waals surface area contributed by atoms with Gasteiger partial charge in [0.15, 0.2) is 0 Å². The first-order valence-corrected chi connectivity index (χ1v) is 7.67. The van der Waals surface area contributed by atoms with Crippen LogP contribution in [0.5, 0.6) is 0 Å². The Bertz CT molecular complexity index is 613. The van der Waals surface area contributed by atoms with Crippen LogP contribution in [0.15, 0.2) is 36.4 Å². The van der Waals surface area contributed by atoms with Crippen molar-refractivity contribution in [2.45, 2.75) is 32.4 Å². The third-order valence-corrected chi connectivity index (χ3v) is 4.07. The summed E-state index contributed by atoms with van der Waals surface area (Å²) in [7, 11) is 0. The van der Waals surface area contributed by atoms with E-state index in [1.807, 2.05) is 12.1 Å². The first-order valence-electron chi connectivity index (χ1n) is 6.91. The molecular formula is C17H17Cl2N. The van der Waals surface area contributed by atoms with Crippen LogP contribution >= 0.6 is 23.2 Å². The van der Waals surface area contributed by atoms with Gasteiger partial charge < -0.3 is 5.32 Å². The van der Waals surface area contributed by atoms with E-state index in [1.54, 1.807) is 6.07 Å². The third-order valence-electron chi connectivity index (χ3n) is 3.64. The molecule has 0 bridgehead atoms. The molecule has 104 valence electrons. The molecular weight excluding hydrogens is 289 g/mol. The maximum absolute atomic E-state index is 6.08. The lowest BCUT2D eigenvalue weighted by Crippen LogP contribution is -2.15. The molecule has 3 rings (SSSR count). The molecule has 1 fully saturated rings. The standard InChI is InChI=1S/C17H17Cl2N/c1-11-6-12(10-20-16-3-4-16)2-5-17(11)13-7-14(18)9-15(19)8-13/h2,5-9,16,20H,3-4,10H2,1H3. The Balaban J connectivity index is 1.85. The Morgan fingerprint density at radius 1 is 1.05 bits per heavy atom. The molecule has 1 saturated carbocycles. The van der Waals surface area contributed by atoms with Crippen LogP contribution in [0.1, 0.15) is 24.0 Å². The van der Waals surface area contributed by atoms with Crippen molar-refractivity contribution in [3.8, 4) is 11.1 Å². The molecule has 20 heavy (non-hydrogen) atoms. The number of benzene rings is 2. The Morgan fingerprint density at radius 3 is 2.35 bits per heavy atom. The molecule has 2 aromatic rings. The van der Waals surface area contributed by atoms with Crippen LogP contribution in [0.25, 0.3) is 11.1 Å². The first kappa shape index (κ1) is 13.9. The van der Waals surface area contributed by atoms with E-state index in [0.717, 1.165) is 18.2 Å². The minimum absolute atomic E-state index is 0.673. The summed E-state index contributed by atoms with van der Waals surface area (Å²) in [6.07, 6.45) is 2.64. The highest BCUT2D eigenvalue weighted by molar-refractivity contribution is 6.35. The summed E-state index contributed by atoms with van der Waals surface area (Å²) in [4.78, 5) is 0. The Hall–Kier alpha value is -1.02. The van der Waals surface area contributed by atoms with Crippen LogP contribution in [0.3, 0.4) is 0 Å². The Morgan fingerprint density at radius 2 is 1.75 bits per heavy atom. The molecule has 1 aliphatic carbocycles. The van der Waals surface area contributed by atoms with Crippen LogP contribution in [0.2, 0.25) is 10.0 Å². The summed E-state index contributed by atoms with van der Waals surface area (Å²) in [5.41, 5.74) is 4.83. The fourth-order valence-electron chi connectivity index (χ4n) is 2.42. The van der Waals surface area contributed by atoms with E-state index in [9.17, 15) is 0 Å². The fraction of sp³-hybridized carbons (Fsp3) is 0.294. The highest BCUT2D eigenvalue weighted by atomic mass is 35.5. The van der Waals surface area contributed by atoms with Gasteiger partial charge in [-0.3, -0.25) is 0 Å². The van der Waals surface area contributed by atoms with Crippen molar-refractivity contribution in [2.24, 2.45) is 0 Å². The molecule has 0 aromatic heterocycles. The van der Waals surface area contributed by atoms with Gasteiger partial charge in [-0.25, -0.2) is 0 Å². The molecule has 0 heterocycles. The smallest absolute Gasteiger partial charge is 0.0426 e. The zero-order chi connectivity index (χ0) is 14.1. The molecule has 1 aliphatic rings. The number of halogens is 2. The molecule has 1 nitrogen and oxygen atoms in total. The van der Waals surface area contributed by atoms with E-state index in [0.29, 0.717) is 10.0 Å². The maximum Gasteiger partial charge on any atom is 0.0426 e. The van der Waals surface area contributed by atoms with Crippen molar-refractivity contribution < 1.29 is 0 Å². The van der Waals surface area contributed by atoms with Gasteiger partial charge in [-0.1, -0.05) is 41.4 Å². The van der Waals surface area contributed by atoms with Crippen molar-refractivity contribution in [2.75, 3.05) is 0 Å². The van der Waals surface area contributed by atoms with Crippen LogP contribution in [-0.4, -0.2) is 6.04 Å². The highest BCUT2D eigenvalue weighted by Crippen LogP contribution is 2.30. The summed E-state index contributed by atoms with van der Waals surface area (Å²) in [6.45, 7) is 3.08. The molecule has 0 spiro atoms. The van der Waals surface area contributed by atoms with Gasteiger partial charge in [0.1, 0.15) is 0 Å². The van der Waals surface area contributed by atoms with Gasteiger partial charge in [0.05, 0.1) is 0 Å². The van der Waals surface area contributed by atoms with E-state index in [-0.39, 0.29) is 0 Å². The number of rotatable bonds is 4. The van der Waals surface area contributed by atoms with Gasteiger partial charge in [-0.15, -0.1) is 0 Å². The summed E-state index contributed by atoms with van der Waals surface area (Å²) < 4.78 is 0. The summed E-state index contributed by atoms with van der Waals surface area (Å²) in [5, 5.41) is 4.88. The first-order chi connectivity index (χ1) is 9.61.